The van der Waals surface area contributed by atoms with Crippen LogP contribution in [0.25, 0.3) is 0 Å². The van der Waals surface area contributed by atoms with E-state index in [0.29, 0.717) is 22.2 Å². The highest BCUT2D eigenvalue weighted by molar-refractivity contribution is 6.42. The Morgan fingerprint density at radius 1 is 0.870 bits per heavy atom. The lowest BCUT2D eigenvalue weighted by Crippen LogP contribution is -2.36. The van der Waals surface area contributed by atoms with Crippen LogP contribution in [0.5, 0.6) is 0 Å². The minimum atomic E-state index is -0.398. The summed E-state index contributed by atoms with van der Waals surface area (Å²) >= 11 is 17.4. The molecule has 0 fully saturated rings. The van der Waals surface area contributed by atoms with Gasteiger partial charge in [0.15, 0.2) is 0 Å². The quantitative estimate of drug-likeness (QED) is 0.842. The van der Waals surface area contributed by atoms with Gasteiger partial charge in [-0.2, -0.15) is 0 Å². The Hall–Kier alpha value is -1.75. The van der Waals surface area contributed by atoms with Crippen molar-refractivity contribution in [3.05, 3.63) is 68.7 Å². The van der Waals surface area contributed by atoms with Crippen molar-refractivity contribution in [2.24, 2.45) is 0 Å². The number of carbonyl (C=O) groups excluding carboxylic acids is 2. The van der Waals surface area contributed by atoms with Crippen LogP contribution in [0.3, 0.4) is 0 Å². The third kappa shape index (κ3) is 5.43. The average molecular weight is 372 g/mol. The zero-order valence-corrected chi connectivity index (χ0v) is 14.2. The predicted molar refractivity (Wildman–Crippen MR) is 92.1 cm³/mol. The van der Waals surface area contributed by atoms with Crippen molar-refractivity contribution in [2.75, 3.05) is 6.54 Å². The first-order valence-corrected chi connectivity index (χ1v) is 7.83. The fourth-order valence-electron chi connectivity index (χ4n) is 1.77. The first kappa shape index (κ1) is 17.6. The van der Waals surface area contributed by atoms with Crippen LogP contribution in [0.15, 0.2) is 42.5 Å². The SMILES string of the molecule is O=C(CNC(=O)c1ccc(Cl)c(Cl)c1)NCc1ccc(Cl)cc1. The lowest BCUT2D eigenvalue weighted by Gasteiger charge is -2.08. The van der Waals surface area contributed by atoms with Crippen molar-refractivity contribution in [3.8, 4) is 0 Å². The van der Waals surface area contributed by atoms with Crippen molar-refractivity contribution in [3.63, 3.8) is 0 Å². The molecule has 0 radical (unpaired) electrons. The molecule has 0 aliphatic heterocycles. The van der Waals surface area contributed by atoms with E-state index >= 15 is 0 Å². The van der Waals surface area contributed by atoms with E-state index in [0.717, 1.165) is 5.56 Å². The van der Waals surface area contributed by atoms with Crippen molar-refractivity contribution >= 4 is 46.6 Å². The van der Waals surface area contributed by atoms with Crippen LogP contribution in [0.2, 0.25) is 15.1 Å². The van der Waals surface area contributed by atoms with Crippen LogP contribution in [0.1, 0.15) is 15.9 Å². The number of halogens is 3. The molecule has 0 spiro atoms. The Kier molecular flexibility index (Phi) is 6.28. The molecule has 0 aliphatic rings. The molecule has 23 heavy (non-hydrogen) atoms. The van der Waals surface area contributed by atoms with Gasteiger partial charge in [0, 0.05) is 17.1 Å². The summed E-state index contributed by atoms with van der Waals surface area (Å²) in [5.41, 5.74) is 1.25. The second kappa shape index (κ2) is 8.20. The molecule has 7 heteroatoms. The Labute approximate surface area is 148 Å². The van der Waals surface area contributed by atoms with Crippen molar-refractivity contribution in [2.45, 2.75) is 6.54 Å². The smallest absolute Gasteiger partial charge is 0.251 e. The number of hydrogen-bond donors (Lipinski definition) is 2. The Balaban J connectivity index is 1.80. The predicted octanol–water partition coefficient (Wildman–Crippen LogP) is 3.69. The monoisotopic (exact) mass is 370 g/mol. The maximum absolute atomic E-state index is 11.9. The van der Waals surface area contributed by atoms with E-state index in [1.807, 2.05) is 12.1 Å². The third-order valence-electron chi connectivity index (χ3n) is 2.99. The maximum atomic E-state index is 11.9. The van der Waals surface area contributed by atoms with E-state index in [4.69, 9.17) is 34.8 Å². The van der Waals surface area contributed by atoms with Crippen LogP contribution in [-0.4, -0.2) is 18.4 Å². The first-order chi connectivity index (χ1) is 11.0. The topological polar surface area (TPSA) is 58.2 Å². The minimum Gasteiger partial charge on any atom is -0.350 e. The number of hydrogen-bond acceptors (Lipinski definition) is 2. The van der Waals surface area contributed by atoms with Gasteiger partial charge in [0.25, 0.3) is 5.91 Å². The summed E-state index contributed by atoms with van der Waals surface area (Å²) in [5.74, 6) is -0.696. The van der Waals surface area contributed by atoms with Gasteiger partial charge in [-0.15, -0.1) is 0 Å². The molecule has 2 N–H and O–H groups in total. The van der Waals surface area contributed by atoms with Gasteiger partial charge < -0.3 is 10.6 Å². The summed E-state index contributed by atoms with van der Waals surface area (Å²) in [6, 6.07) is 11.6. The maximum Gasteiger partial charge on any atom is 0.251 e. The van der Waals surface area contributed by atoms with E-state index in [1.54, 1.807) is 12.1 Å². The summed E-state index contributed by atoms with van der Waals surface area (Å²) in [7, 11) is 0. The number of rotatable bonds is 5. The highest BCUT2D eigenvalue weighted by atomic mass is 35.5. The lowest BCUT2D eigenvalue weighted by molar-refractivity contribution is -0.120. The molecule has 0 heterocycles. The molecule has 2 aromatic rings. The molecule has 0 aromatic heterocycles. The van der Waals surface area contributed by atoms with E-state index < -0.39 is 5.91 Å². The van der Waals surface area contributed by atoms with E-state index in [-0.39, 0.29) is 17.5 Å². The molecule has 0 saturated carbocycles. The van der Waals surface area contributed by atoms with Gasteiger partial charge >= 0.3 is 0 Å². The molecular formula is C16H13Cl3N2O2. The molecule has 0 bridgehead atoms. The molecule has 0 unspecified atom stereocenters. The molecule has 2 rings (SSSR count). The molecule has 2 aromatic carbocycles. The summed E-state index contributed by atoms with van der Waals surface area (Å²) in [4.78, 5) is 23.7. The van der Waals surface area contributed by atoms with Crippen molar-refractivity contribution < 1.29 is 9.59 Å². The average Bonchev–Trinajstić information content (AvgIpc) is 2.54. The van der Waals surface area contributed by atoms with Gasteiger partial charge in [0.2, 0.25) is 5.91 Å². The Bertz CT molecular complexity index is 718. The normalized spacial score (nSPS) is 10.2. The van der Waals surface area contributed by atoms with Crippen LogP contribution in [0, 0.1) is 0 Å². The van der Waals surface area contributed by atoms with Crippen LogP contribution >= 0.6 is 34.8 Å². The van der Waals surface area contributed by atoms with Gasteiger partial charge in [-0.1, -0.05) is 46.9 Å². The van der Waals surface area contributed by atoms with Crippen LogP contribution in [-0.2, 0) is 11.3 Å². The number of amides is 2. The van der Waals surface area contributed by atoms with Gasteiger partial charge in [-0.05, 0) is 35.9 Å². The van der Waals surface area contributed by atoms with E-state index in [1.165, 1.54) is 18.2 Å². The van der Waals surface area contributed by atoms with Gasteiger partial charge in [-0.25, -0.2) is 0 Å². The van der Waals surface area contributed by atoms with Crippen LogP contribution < -0.4 is 10.6 Å². The van der Waals surface area contributed by atoms with Crippen molar-refractivity contribution in [1.29, 1.82) is 0 Å². The molecule has 0 saturated heterocycles. The summed E-state index contributed by atoms with van der Waals surface area (Å²) in [5, 5.41) is 6.50. The molecule has 0 aliphatic carbocycles. The largest absolute Gasteiger partial charge is 0.350 e. The van der Waals surface area contributed by atoms with Gasteiger partial charge in [0.1, 0.15) is 0 Å². The lowest BCUT2D eigenvalue weighted by atomic mass is 10.2. The standard InChI is InChI=1S/C16H13Cl3N2O2/c17-12-4-1-10(2-5-12)8-20-15(22)9-21-16(23)11-3-6-13(18)14(19)7-11/h1-7H,8-9H2,(H,20,22)(H,21,23). The van der Waals surface area contributed by atoms with E-state index in [2.05, 4.69) is 10.6 Å². The molecule has 2 amide bonds. The molecule has 4 nitrogen and oxygen atoms in total. The highest BCUT2D eigenvalue weighted by Crippen LogP contribution is 2.22. The van der Waals surface area contributed by atoms with Crippen LogP contribution in [0.4, 0.5) is 0 Å². The van der Waals surface area contributed by atoms with Gasteiger partial charge in [0.05, 0.1) is 16.6 Å². The molecule has 0 atom stereocenters. The third-order valence-corrected chi connectivity index (χ3v) is 3.99. The molecular weight excluding hydrogens is 359 g/mol. The zero-order valence-electron chi connectivity index (χ0n) is 11.9. The van der Waals surface area contributed by atoms with Crippen molar-refractivity contribution in [1.82, 2.24) is 10.6 Å². The number of benzene rings is 2. The summed E-state index contributed by atoms with van der Waals surface area (Å²) in [6.45, 7) is 0.227. The first-order valence-electron chi connectivity index (χ1n) is 6.70. The second-order valence-corrected chi connectivity index (χ2v) is 5.97. The van der Waals surface area contributed by atoms with Gasteiger partial charge in [-0.3, -0.25) is 9.59 Å². The number of carbonyl (C=O) groups is 2. The zero-order chi connectivity index (χ0) is 16.8. The summed E-state index contributed by atoms with van der Waals surface area (Å²) < 4.78 is 0. The number of nitrogens with one attached hydrogen (secondary N) is 2. The molecule has 120 valence electrons. The fourth-order valence-corrected chi connectivity index (χ4v) is 2.19. The highest BCUT2D eigenvalue weighted by Gasteiger charge is 2.09. The summed E-state index contributed by atoms with van der Waals surface area (Å²) in [6.07, 6.45) is 0. The minimum absolute atomic E-state index is 0.132. The van der Waals surface area contributed by atoms with E-state index in [9.17, 15) is 9.59 Å². The Morgan fingerprint density at radius 2 is 1.57 bits per heavy atom. The second-order valence-electron chi connectivity index (χ2n) is 4.71. The fraction of sp³-hybridized carbons (Fsp3) is 0.125. The Morgan fingerprint density at radius 3 is 2.22 bits per heavy atom.